The van der Waals surface area contributed by atoms with Gasteiger partial charge in [0.25, 0.3) is 0 Å². The van der Waals surface area contributed by atoms with E-state index in [9.17, 15) is 10.2 Å². The van der Waals surface area contributed by atoms with Crippen molar-refractivity contribution in [3.05, 3.63) is 69.9 Å². The van der Waals surface area contributed by atoms with E-state index in [1.165, 1.54) is 5.56 Å². The van der Waals surface area contributed by atoms with E-state index in [-0.39, 0.29) is 17.4 Å². The highest BCUT2D eigenvalue weighted by molar-refractivity contribution is 7.08. The third-order valence-corrected chi connectivity index (χ3v) is 4.76. The number of thiophene rings is 1. The minimum absolute atomic E-state index is 0.178. The first-order valence-electron chi connectivity index (χ1n) is 7.22. The Hall–Kier alpha value is -2.26. The second kappa shape index (κ2) is 5.85. The average molecular weight is 310 g/mol. The molecule has 0 aliphatic carbocycles. The van der Waals surface area contributed by atoms with Gasteiger partial charge < -0.3 is 10.2 Å². The molecule has 1 unspecified atom stereocenters. The number of aromatic hydroxyl groups is 2. The fraction of sp³-hybridized carbons (Fsp3) is 0.158. The van der Waals surface area contributed by atoms with Gasteiger partial charge in [-0.25, -0.2) is 0 Å². The summed E-state index contributed by atoms with van der Waals surface area (Å²) in [5.74, 6) is 0.649. The van der Waals surface area contributed by atoms with Crippen LogP contribution in [0.3, 0.4) is 0 Å². The Kier molecular flexibility index (Phi) is 3.90. The highest BCUT2D eigenvalue weighted by Gasteiger charge is 2.16. The lowest BCUT2D eigenvalue weighted by atomic mass is 9.90. The van der Waals surface area contributed by atoms with Crippen LogP contribution in [0.2, 0.25) is 0 Å². The molecule has 0 amide bonds. The van der Waals surface area contributed by atoms with E-state index in [0.717, 1.165) is 11.1 Å². The van der Waals surface area contributed by atoms with E-state index in [0.29, 0.717) is 11.1 Å². The maximum Gasteiger partial charge on any atom is 0.126 e. The number of phenols is 2. The molecule has 1 heterocycles. The van der Waals surface area contributed by atoms with Crippen LogP contribution >= 0.6 is 11.3 Å². The van der Waals surface area contributed by atoms with Crippen molar-refractivity contribution in [1.82, 2.24) is 0 Å². The Morgan fingerprint density at radius 2 is 1.73 bits per heavy atom. The Balaban J connectivity index is 2.14. The van der Waals surface area contributed by atoms with Gasteiger partial charge in [0.2, 0.25) is 0 Å². The Labute approximate surface area is 134 Å². The Bertz CT molecular complexity index is 791. The first-order valence-corrected chi connectivity index (χ1v) is 8.16. The van der Waals surface area contributed by atoms with Crippen LogP contribution in [0, 0.1) is 6.92 Å². The molecular weight excluding hydrogens is 292 g/mol. The average Bonchev–Trinajstić information content (AvgIpc) is 3.04. The molecule has 1 aromatic heterocycles. The molecule has 0 saturated heterocycles. The first kappa shape index (κ1) is 14.7. The maximum atomic E-state index is 10.4. The molecule has 3 heteroatoms. The molecule has 0 aliphatic heterocycles. The number of hydrogen-bond donors (Lipinski definition) is 2. The van der Waals surface area contributed by atoms with Gasteiger partial charge in [-0.3, -0.25) is 0 Å². The van der Waals surface area contributed by atoms with Crippen molar-refractivity contribution in [3.63, 3.8) is 0 Å². The van der Waals surface area contributed by atoms with Gasteiger partial charge in [-0.15, -0.1) is 0 Å². The molecule has 2 aromatic carbocycles. The van der Waals surface area contributed by atoms with Crippen LogP contribution in [0.4, 0.5) is 0 Å². The van der Waals surface area contributed by atoms with Gasteiger partial charge in [-0.05, 0) is 52.6 Å². The van der Waals surface area contributed by atoms with Crippen molar-refractivity contribution in [1.29, 1.82) is 0 Å². The standard InChI is InChI=1S/C19H18O2S/c1-12-9-15(13(2)14-7-8-22-11-14)10-17(19(12)21)16-5-3-4-6-18(16)20/h3-11,13,20-21H,1-2H3. The summed E-state index contributed by atoms with van der Waals surface area (Å²) in [6.45, 7) is 4.05. The van der Waals surface area contributed by atoms with Crippen molar-refractivity contribution >= 4 is 11.3 Å². The third kappa shape index (κ3) is 2.60. The van der Waals surface area contributed by atoms with Gasteiger partial charge in [0.15, 0.2) is 0 Å². The van der Waals surface area contributed by atoms with E-state index in [4.69, 9.17) is 0 Å². The SMILES string of the molecule is Cc1cc(C(C)c2ccsc2)cc(-c2ccccc2O)c1O. The van der Waals surface area contributed by atoms with Crippen molar-refractivity contribution in [2.24, 2.45) is 0 Å². The van der Waals surface area contributed by atoms with E-state index >= 15 is 0 Å². The largest absolute Gasteiger partial charge is 0.507 e. The second-order valence-electron chi connectivity index (χ2n) is 5.53. The van der Waals surface area contributed by atoms with Crippen molar-refractivity contribution in [2.45, 2.75) is 19.8 Å². The van der Waals surface area contributed by atoms with Gasteiger partial charge in [0, 0.05) is 17.0 Å². The number of benzene rings is 2. The summed E-state index contributed by atoms with van der Waals surface area (Å²) in [5.41, 5.74) is 4.54. The zero-order chi connectivity index (χ0) is 15.7. The maximum absolute atomic E-state index is 10.4. The number of para-hydroxylation sites is 1. The Morgan fingerprint density at radius 3 is 2.41 bits per heavy atom. The molecule has 2 nitrogen and oxygen atoms in total. The van der Waals surface area contributed by atoms with Crippen molar-refractivity contribution < 1.29 is 10.2 Å². The fourth-order valence-corrected chi connectivity index (χ4v) is 3.43. The van der Waals surface area contributed by atoms with Gasteiger partial charge >= 0.3 is 0 Å². The first-order chi connectivity index (χ1) is 10.6. The molecule has 0 aliphatic rings. The van der Waals surface area contributed by atoms with Crippen LogP contribution in [-0.4, -0.2) is 10.2 Å². The number of aryl methyl sites for hydroxylation is 1. The second-order valence-corrected chi connectivity index (χ2v) is 6.31. The molecule has 2 N–H and O–H groups in total. The number of hydrogen-bond acceptors (Lipinski definition) is 3. The summed E-state index contributed by atoms with van der Waals surface area (Å²) < 4.78 is 0. The molecule has 112 valence electrons. The summed E-state index contributed by atoms with van der Waals surface area (Å²) in [5, 5.41) is 24.7. The van der Waals surface area contributed by atoms with E-state index in [1.807, 2.05) is 31.2 Å². The summed E-state index contributed by atoms with van der Waals surface area (Å²) in [6.07, 6.45) is 0. The molecule has 3 aromatic rings. The van der Waals surface area contributed by atoms with Gasteiger partial charge in [-0.2, -0.15) is 11.3 Å². The number of phenolic OH excluding ortho intramolecular Hbond substituents is 2. The molecular formula is C19H18O2S. The smallest absolute Gasteiger partial charge is 0.126 e. The minimum Gasteiger partial charge on any atom is -0.507 e. The predicted octanol–water partition coefficient (Wildman–Crippen LogP) is 5.29. The highest BCUT2D eigenvalue weighted by atomic mass is 32.1. The lowest BCUT2D eigenvalue weighted by Crippen LogP contribution is -1.96. The zero-order valence-corrected chi connectivity index (χ0v) is 13.4. The predicted molar refractivity (Wildman–Crippen MR) is 91.8 cm³/mol. The third-order valence-electron chi connectivity index (χ3n) is 4.06. The highest BCUT2D eigenvalue weighted by Crippen LogP contribution is 2.40. The lowest BCUT2D eigenvalue weighted by Gasteiger charge is -2.16. The molecule has 22 heavy (non-hydrogen) atoms. The molecule has 0 radical (unpaired) electrons. The molecule has 0 fully saturated rings. The van der Waals surface area contributed by atoms with Crippen LogP contribution in [0.5, 0.6) is 11.5 Å². The van der Waals surface area contributed by atoms with Crippen LogP contribution in [-0.2, 0) is 0 Å². The van der Waals surface area contributed by atoms with Crippen molar-refractivity contribution in [3.8, 4) is 22.6 Å². The van der Waals surface area contributed by atoms with Gasteiger partial charge in [0.05, 0.1) is 0 Å². The summed E-state index contributed by atoms with van der Waals surface area (Å²) in [4.78, 5) is 0. The molecule has 3 rings (SSSR count). The molecule has 0 spiro atoms. The molecule has 0 saturated carbocycles. The van der Waals surface area contributed by atoms with Gasteiger partial charge in [0.1, 0.15) is 11.5 Å². The van der Waals surface area contributed by atoms with Crippen LogP contribution < -0.4 is 0 Å². The van der Waals surface area contributed by atoms with Crippen molar-refractivity contribution in [2.75, 3.05) is 0 Å². The summed E-state index contributed by atoms with van der Waals surface area (Å²) in [7, 11) is 0. The topological polar surface area (TPSA) is 40.5 Å². The van der Waals surface area contributed by atoms with Crippen LogP contribution in [0.15, 0.2) is 53.2 Å². The van der Waals surface area contributed by atoms with Crippen LogP contribution in [0.1, 0.15) is 29.5 Å². The fourth-order valence-electron chi connectivity index (χ4n) is 2.68. The minimum atomic E-state index is 0.178. The zero-order valence-electron chi connectivity index (χ0n) is 12.6. The van der Waals surface area contributed by atoms with E-state index < -0.39 is 0 Å². The lowest BCUT2D eigenvalue weighted by molar-refractivity contribution is 0.466. The quantitative estimate of drug-likeness (QED) is 0.690. The van der Waals surface area contributed by atoms with E-state index in [2.05, 4.69) is 23.8 Å². The van der Waals surface area contributed by atoms with Crippen LogP contribution in [0.25, 0.3) is 11.1 Å². The molecule has 0 bridgehead atoms. The number of rotatable bonds is 3. The summed E-state index contributed by atoms with van der Waals surface area (Å²) >= 11 is 1.68. The monoisotopic (exact) mass is 310 g/mol. The Morgan fingerprint density at radius 1 is 0.955 bits per heavy atom. The van der Waals surface area contributed by atoms with E-state index in [1.54, 1.807) is 23.5 Å². The molecule has 1 atom stereocenters. The normalized spacial score (nSPS) is 12.3. The van der Waals surface area contributed by atoms with Gasteiger partial charge in [-0.1, -0.05) is 31.2 Å². The summed E-state index contributed by atoms with van der Waals surface area (Å²) in [6, 6.07) is 13.2.